The SMILES string of the molecule is CNc1ccc([N+](=O)[O-])cc1C(=O)Nc1ccn(C)n1. The van der Waals surface area contributed by atoms with Crippen molar-refractivity contribution in [3.05, 3.63) is 46.1 Å². The van der Waals surface area contributed by atoms with Gasteiger partial charge in [-0.05, 0) is 6.07 Å². The Bertz CT molecular complexity index is 665. The maximum atomic E-state index is 12.2. The lowest BCUT2D eigenvalue weighted by molar-refractivity contribution is -0.384. The number of hydrogen-bond donors (Lipinski definition) is 2. The topological polar surface area (TPSA) is 102 Å². The van der Waals surface area contributed by atoms with E-state index in [1.807, 2.05) is 0 Å². The summed E-state index contributed by atoms with van der Waals surface area (Å²) in [6.45, 7) is 0. The van der Waals surface area contributed by atoms with E-state index in [2.05, 4.69) is 15.7 Å². The summed E-state index contributed by atoms with van der Waals surface area (Å²) in [5, 5.41) is 20.2. The first kappa shape index (κ1) is 13.5. The third-order valence-corrected chi connectivity index (χ3v) is 2.68. The molecule has 0 aliphatic rings. The van der Waals surface area contributed by atoms with Crippen LogP contribution in [0.3, 0.4) is 0 Å². The number of carbonyl (C=O) groups excluding carboxylic acids is 1. The lowest BCUT2D eigenvalue weighted by Gasteiger charge is -2.08. The second kappa shape index (κ2) is 5.39. The molecule has 0 saturated heterocycles. The highest BCUT2D eigenvalue weighted by atomic mass is 16.6. The molecule has 104 valence electrons. The standard InChI is InChI=1S/C12H13N5O3/c1-13-10-4-3-8(17(19)20)7-9(10)12(18)14-11-5-6-16(2)15-11/h3-7,13H,1-2H3,(H,14,15,18). The van der Waals surface area contributed by atoms with E-state index < -0.39 is 10.8 Å². The molecular formula is C12H13N5O3. The maximum Gasteiger partial charge on any atom is 0.270 e. The molecule has 8 heteroatoms. The molecule has 20 heavy (non-hydrogen) atoms. The van der Waals surface area contributed by atoms with Crippen molar-refractivity contribution >= 4 is 23.1 Å². The second-order valence-electron chi connectivity index (χ2n) is 4.07. The van der Waals surface area contributed by atoms with Gasteiger partial charge in [-0.15, -0.1) is 0 Å². The van der Waals surface area contributed by atoms with E-state index in [4.69, 9.17) is 0 Å². The van der Waals surface area contributed by atoms with Crippen molar-refractivity contribution in [2.24, 2.45) is 7.05 Å². The van der Waals surface area contributed by atoms with Gasteiger partial charge in [-0.25, -0.2) is 0 Å². The first-order valence-corrected chi connectivity index (χ1v) is 5.78. The van der Waals surface area contributed by atoms with Gasteiger partial charge in [0.2, 0.25) is 0 Å². The highest BCUT2D eigenvalue weighted by molar-refractivity contribution is 6.08. The number of amides is 1. The van der Waals surface area contributed by atoms with Crippen molar-refractivity contribution in [3.8, 4) is 0 Å². The van der Waals surface area contributed by atoms with Gasteiger partial charge in [0.15, 0.2) is 5.82 Å². The first-order chi connectivity index (χ1) is 9.51. The zero-order valence-electron chi connectivity index (χ0n) is 11.0. The van der Waals surface area contributed by atoms with Gasteiger partial charge >= 0.3 is 0 Å². The Labute approximate surface area is 114 Å². The molecule has 0 spiro atoms. The Morgan fingerprint density at radius 3 is 2.70 bits per heavy atom. The molecule has 1 heterocycles. The summed E-state index contributed by atoms with van der Waals surface area (Å²) < 4.78 is 1.54. The van der Waals surface area contributed by atoms with Gasteiger partial charge in [0.1, 0.15) is 0 Å². The largest absolute Gasteiger partial charge is 0.387 e. The second-order valence-corrected chi connectivity index (χ2v) is 4.07. The van der Waals surface area contributed by atoms with Crippen LogP contribution in [0.15, 0.2) is 30.5 Å². The number of aromatic nitrogens is 2. The molecule has 0 radical (unpaired) electrons. The molecule has 1 aromatic carbocycles. The average Bonchev–Trinajstić information content (AvgIpc) is 2.83. The van der Waals surface area contributed by atoms with E-state index in [0.29, 0.717) is 11.5 Å². The van der Waals surface area contributed by atoms with Crippen LogP contribution in [0.5, 0.6) is 0 Å². The molecule has 0 fully saturated rings. The van der Waals surface area contributed by atoms with Crippen molar-refractivity contribution in [3.63, 3.8) is 0 Å². The fourth-order valence-electron chi connectivity index (χ4n) is 1.72. The van der Waals surface area contributed by atoms with Gasteiger partial charge in [0.05, 0.1) is 10.5 Å². The number of benzene rings is 1. The van der Waals surface area contributed by atoms with Crippen molar-refractivity contribution in [2.45, 2.75) is 0 Å². The number of hydrogen-bond acceptors (Lipinski definition) is 5. The third-order valence-electron chi connectivity index (χ3n) is 2.68. The Morgan fingerprint density at radius 2 is 2.15 bits per heavy atom. The van der Waals surface area contributed by atoms with Crippen LogP contribution in [0.25, 0.3) is 0 Å². The number of carbonyl (C=O) groups is 1. The van der Waals surface area contributed by atoms with Gasteiger partial charge in [-0.1, -0.05) is 0 Å². The number of non-ortho nitro benzene ring substituents is 1. The normalized spacial score (nSPS) is 10.1. The number of nitrogens with one attached hydrogen (secondary N) is 2. The van der Waals surface area contributed by atoms with E-state index >= 15 is 0 Å². The van der Waals surface area contributed by atoms with Crippen LogP contribution in [0.4, 0.5) is 17.2 Å². The smallest absolute Gasteiger partial charge is 0.270 e. The van der Waals surface area contributed by atoms with Crippen molar-refractivity contribution < 1.29 is 9.72 Å². The summed E-state index contributed by atoms with van der Waals surface area (Å²) in [5.41, 5.74) is 0.548. The lowest BCUT2D eigenvalue weighted by atomic mass is 10.1. The lowest BCUT2D eigenvalue weighted by Crippen LogP contribution is -2.15. The zero-order valence-corrected chi connectivity index (χ0v) is 11.0. The fourth-order valence-corrected chi connectivity index (χ4v) is 1.72. The van der Waals surface area contributed by atoms with Crippen LogP contribution in [-0.2, 0) is 7.05 Å². The predicted octanol–water partition coefficient (Wildman–Crippen LogP) is 1.62. The highest BCUT2D eigenvalue weighted by Crippen LogP contribution is 2.22. The molecule has 2 N–H and O–H groups in total. The van der Waals surface area contributed by atoms with Crippen molar-refractivity contribution in [2.75, 3.05) is 17.7 Å². The zero-order chi connectivity index (χ0) is 14.7. The monoisotopic (exact) mass is 275 g/mol. The van der Waals surface area contributed by atoms with Crippen LogP contribution < -0.4 is 10.6 Å². The molecule has 0 unspecified atom stereocenters. The molecule has 2 rings (SSSR count). The fraction of sp³-hybridized carbons (Fsp3) is 0.167. The summed E-state index contributed by atoms with van der Waals surface area (Å²) in [7, 11) is 3.36. The number of nitrogens with zero attached hydrogens (tertiary/aromatic N) is 3. The molecule has 1 aromatic heterocycles. The van der Waals surface area contributed by atoms with Crippen LogP contribution in [0.2, 0.25) is 0 Å². The maximum absolute atomic E-state index is 12.2. The minimum absolute atomic E-state index is 0.143. The molecule has 0 saturated carbocycles. The van der Waals surface area contributed by atoms with Crippen LogP contribution in [0, 0.1) is 10.1 Å². The predicted molar refractivity (Wildman–Crippen MR) is 73.8 cm³/mol. The Balaban J connectivity index is 2.32. The van der Waals surface area contributed by atoms with Crippen LogP contribution in [-0.4, -0.2) is 27.7 Å². The minimum Gasteiger partial charge on any atom is -0.387 e. The third kappa shape index (κ3) is 2.74. The summed E-state index contributed by atoms with van der Waals surface area (Å²) in [4.78, 5) is 22.4. The Hall–Kier alpha value is -2.90. The van der Waals surface area contributed by atoms with Gasteiger partial charge in [-0.3, -0.25) is 19.6 Å². The van der Waals surface area contributed by atoms with Crippen molar-refractivity contribution in [1.29, 1.82) is 0 Å². The molecule has 2 aromatic rings. The number of nitro groups is 1. The summed E-state index contributed by atoms with van der Waals surface area (Å²) in [6.07, 6.45) is 1.68. The molecule has 8 nitrogen and oxygen atoms in total. The number of rotatable bonds is 4. The number of anilines is 2. The molecule has 0 aliphatic carbocycles. The minimum atomic E-state index is -0.545. The summed E-state index contributed by atoms with van der Waals surface area (Å²) in [6, 6.07) is 5.69. The molecule has 0 aliphatic heterocycles. The summed E-state index contributed by atoms with van der Waals surface area (Å²) in [5.74, 6) is -0.0807. The molecule has 1 amide bonds. The van der Waals surface area contributed by atoms with E-state index in [-0.39, 0.29) is 11.3 Å². The Morgan fingerprint density at radius 1 is 1.40 bits per heavy atom. The van der Waals surface area contributed by atoms with Crippen LogP contribution >= 0.6 is 0 Å². The van der Waals surface area contributed by atoms with E-state index in [1.165, 1.54) is 18.2 Å². The quantitative estimate of drug-likeness (QED) is 0.652. The number of aryl methyl sites for hydroxylation is 1. The van der Waals surface area contributed by atoms with Crippen LogP contribution in [0.1, 0.15) is 10.4 Å². The first-order valence-electron chi connectivity index (χ1n) is 5.78. The van der Waals surface area contributed by atoms with Gasteiger partial charge < -0.3 is 10.6 Å². The number of nitro benzene ring substituents is 1. The molecular weight excluding hydrogens is 262 g/mol. The summed E-state index contributed by atoms with van der Waals surface area (Å²) >= 11 is 0. The van der Waals surface area contributed by atoms with Gasteiger partial charge in [-0.2, -0.15) is 5.10 Å². The van der Waals surface area contributed by atoms with Gasteiger partial charge in [0, 0.05) is 44.2 Å². The van der Waals surface area contributed by atoms with Crippen molar-refractivity contribution in [1.82, 2.24) is 9.78 Å². The van der Waals surface area contributed by atoms with Gasteiger partial charge in [0.25, 0.3) is 11.6 Å². The van der Waals surface area contributed by atoms with E-state index in [9.17, 15) is 14.9 Å². The average molecular weight is 275 g/mol. The molecule has 0 atom stereocenters. The van der Waals surface area contributed by atoms with E-state index in [1.54, 1.807) is 31.0 Å². The highest BCUT2D eigenvalue weighted by Gasteiger charge is 2.17. The molecule has 0 bridgehead atoms. The Kier molecular flexibility index (Phi) is 3.65. The van der Waals surface area contributed by atoms with E-state index in [0.717, 1.165) is 0 Å².